The fourth-order valence-corrected chi connectivity index (χ4v) is 3.69. The molecular formula is C31H45F3N2O2. The number of nitrogens with two attached hydrogens (primary N) is 1. The minimum atomic E-state index is -0.888. The number of halogens is 3. The Hall–Kier alpha value is -3.32. The Labute approximate surface area is 227 Å². The maximum absolute atomic E-state index is 12.4. The Bertz CT molecular complexity index is 1220. The first kappa shape index (κ1) is 32.7. The normalized spacial score (nSPS) is 12.3. The Kier molecular flexibility index (Phi) is 15.5. The van der Waals surface area contributed by atoms with Gasteiger partial charge in [-0.1, -0.05) is 74.8 Å². The van der Waals surface area contributed by atoms with Gasteiger partial charge < -0.3 is 15.5 Å². The minimum absolute atomic E-state index is 0. The molecule has 0 atom stereocenters. The maximum atomic E-state index is 12.4. The average molecular weight is 535 g/mol. The van der Waals surface area contributed by atoms with Crippen molar-refractivity contribution in [2.45, 2.75) is 65.7 Å². The van der Waals surface area contributed by atoms with Crippen molar-refractivity contribution in [2.75, 3.05) is 14.1 Å². The lowest BCUT2D eigenvalue weighted by Gasteiger charge is -1.96. The summed E-state index contributed by atoms with van der Waals surface area (Å²) in [7, 11) is 3.75. The summed E-state index contributed by atoms with van der Waals surface area (Å²) in [6.07, 6.45) is 10.5. The predicted molar refractivity (Wildman–Crippen MR) is 156 cm³/mol. The van der Waals surface area contributed by atoms with Gasteiger partial charge in [0.2, 0.25) is 5.91 Å². The molecule has 0 radical (unpaired) electrons. The van der Waals surface area contributed by atoms with Gasteiger partial charge >= 0.3 is 0 Å². The molecule has 1 amide bonds. The van der Waals surface area contributed by atoms with Gasteiger partial charge in [0.1, 0.15) is 28.6 Å². The second-order valence-electron chi connectivity index (χ2n) is 9.18. The van der Waals surface area contributed by atoms with E-state index >= 15 is 0 Å². The number of carbonyl (C=O) groups excluding carboxylic acids is 1. The first-order chi connectivity index (χ1) is 18.1. The van der Waals surface area contributed by atoms with Crippen molar-refractivity contribution >= 4 is 27.8 Å². The zero-order valence-corrected chi connectivity index (χ0v) is 23.2. The maximum Gasteiger partial charge on any atom is 0.214 e. The molecule has 0 aliphatic heterocycles. The summed E-state index contributed by atoms with van der Waals surface area (Å²) in [5.41, 5.74) is 7.52. The summed E-state index contributed by atoms with van der Waals surface area (Å²) >= 11 is 0. The average Bonchev–Trinajstić information content (AvgIpc) is 3.00. The van der Waals surface area contributed by atoms with Crippen LogP contribution in [0.4, 0.5) is 13.2 Å². The Morgan fingerprint density at radius 2 is 1.21 bits per heavy atom. The van der Waals surface area contributed by atoms with E-state index in [-0.39, 0.29) is 14.3 Å². The molecule has 38 heavy (non-hydrogen) atoms. The molecule has 1 saturated carbocycles. The lowest BCUT2D eigenvalue weighted by atomic mass is 10.1. The van der Waals surface area contributed by atoms with Crippen molar-refractivity contribution in [3.8, 4) is 0 Å². The lowest BCUT2D eigenvalue weighted by molar-refractivity contribution is -0.115. The predicted octanol–water partition coefficient (Wildman–Crippen LogP) is 8.86. The van der Waals surface area contributed by atoms with Gasteiger partial charge in [-0.25, -0.2) is 13.2 Å². The number of fused-ring (bicyclic) bond motifs is 3. The fraction of sp³-hybridized carbons (Fsp3) is 0.387. The van der Waals surface area contributed by atoms with Crippen molar-refractivity contribution in [3.05, 3.63) is 83.2 Å². The number of primary amides is 1. The smallest absolute Gasteiger partial charge is 0.214 e. The van der Waals surface area contributed by atoms with Crippen molar-refractivity contribution in [1.29, 1.82) is 0 Å². The van der Waals surface area contributed by atoms with Crippen LogP contribution in [0.2, 0.25) is 0 Å². The summed E-state index contributed by atoms with van der Waals surface area (Å²) in [4.78, 5) is 9.22. The molecule has 0 unspecified atom stereocenters. The number of rotatable bonds is 0. The third-order valence-corrected chi connectivity index (χ3v) is 5.53. The third kappa shape index (κ3) is 12.3. The number of aryl methyl sites for hydroxylation is 1. The number of hydrogen-bond donors (Lipinski definition) is 2. The van der Waals surface area contributed by atoms with Crippen LogP contribution < -0.4 is 11.1 Å². The molecule has 1 aromatic heterocycles. The number of para-hydroxylation sites is 1. The summed E-state index contributed by atoms with van der Waals surface area (Å²) in [6.45, 7) is 4.66. The van der Waals surface area contributed by atoms with E-state index in [1.807, 2.05) is 38.4 Å². The molecule has 4 nitrogen and oxygen atoms in total. The van der Waals surface area contributed by atoms with Crippen LogP contribution in [0.3, 0.4) is 0 Å². The van der Waals surface area contributed by atoms with Crippen molar-refractivity contribution in [3.63, 3.8) is 0 Å². The highest BCUT2D eigenvalue weighted by atomic mass is 19.1. The molecule has 1 aliphatic carbocycles. The van der Waals surface area contributed by atoms with Crippen molar-refractivity contribution in [1.82, 2.24) is 5.32 Å². The van der Waals surface area contributed by atoms with Crippen LogP contribution >= 0.6 is 0 Å². The standard InChI is InChI=1S/C13H10O.C7H5F3.C7H14.C2H5NO.C2H7N.2H2/c1-9-6-7-13-11(8-9)10-4-2-3-5-12(10)14-13;1-4-6(9)2-5(8)3-7(4)10;1-2-4-6-7-5-3-1;1-2(3)4;1-3-2;;/h2-8H,1H3;2-3H,1H3;1-7H2;1H3,(H2,3,4);3H,1-2H3;2*1H. The second kappa shape index (κ2) is 18.0. The van der Waals surface area contributed by atoms with E-state index in [2.05, 4.69) is 36.2 Å². The lowest BCUT2D eigenvalue weighted by Crippen LogP contribution is -2.01. The number of benzene rings is 3. The highest BCUT2D eigenvalue weighted by molar-refractivity contribution is 6.04. The van der Waals surface area contributed by atoms with Crippen molar-refractivity contribution < 1.29 is 25.2 Å². The monoisotopic (exact) mass is 534 g/mol. The van der Waals surface area contributed by atoms with Crippen LogP contribution in [0.15, 0.2) is 59.0 Å². The molecule has 7 heteroatoms. The largest absolute Gasteiger partial charge is 0.456 e. The first-order valence-electron chi connectivity index (χ1n) is 12.9. The van der Waals surface area contributed by atoms with E-state index in [4.69, 9.17) is 4.42 Å². The molecule has 1 fully saturated rings. The van der Waals surface area contributed by atoms with Crippen LogP contribution in [0.5, 0.6) is 0 Å². The van der Waals surface area contributed by atoms with Crippen LogP contribution in [0.25, 0.3) is 21.9 Å². The van der Waals surface area contributed by atoms with Gasteiger partial charge in [0, 0.05) is 38.2 Å². The quantitative estimate of drug-likeness (QED) is 0.221. The molecule has 3 N–H and O–H groups in total. The van der Waals surface area contributed by atoms with Gasteiger partial charge in [-0.15, -0.1) is 0 Å². The molecule has 1 heterocycles. The zero-order valence-electron chi connectivity index (χ0n) is 23.2. The Morgan fingerprint density at radius 3 is 1.68 bits per heavy atom. The van der Waals surface area contributed by atoms with Gasteiger partial charge in [-0.3, -0.25) is 4.79 Å². The number of furan rings is 1. The van der Waals surface area contributed by atoms with E-state index in [0.29, 0.717) is 12.1 Å². The summed E-state index contributed by atoms with van der Waals surface area (Å²) in [6, 6.07) is 15.7. The molecule has 0 saturated heterocycles. The van der Waals surface area contributed by atoms with Gasteiger partial charge in [-0.05, 0) is 46.1 Å². The Morgan fingerprint density at radius 1 is 0.789 bits per heavy atom. The molecule has 0 spiro atoms. The van der Waals surface area contributed by atoms with Gasteiger partial charge in [0.05, 0.1) is 0 Å². The van der Waals surface area contributed by atoms with Crippen LogP contribution in [0, 0.1) is 31.3 Å². The van der Waals surface area contributed by atoms with Gasteiger partial charge in [0.15, 0.2) is 0 Å². The number of amides is 1. The van der Waals surface area contributed by atoms with E-state index in [0.717, 1.165) is 11.2 Å². The molecule has 1 aliphatic rings. The summed E-state index contributed by atoms with van der Waals surface area (Å²) < 4.78 is 42.6. The molecule has 3 aromatic carbocycles. The molecular weight excluding hydrogens is 489 g/mol. The molecule has 4 aromatic rings. The Balaban J connectivity index is 0. The molecule has 5 rings (SSSR count). The van der Waals surface area contributed by atoms with E-state index in [1.54, 1.807) is 0 Å². The number of nitrogens with one attached hydrogen (secondary N) is 1. The number of hydrogen-bond acceptors (Lipinski definition) is 3. The second-order valence-corrected chi connectivity index (χ2v) is 9.18. The highest BCUT2D eigenvalue weighted by Crippen LogP contribution is 2.28. The topological polar surface area (TPSA) is 68.3 Å². The van der Waals surface area contributed by atoms with Crippen LogP contribution in [-0.2, 0) is 4.79 Å². The minimum Gasteiger partial charge on any atom is -0.456 e. The molecule has 212 valence electrons. The summed E-state index contributed by atoms with van der Waals surface area (Å²) in [5, 5.41) is 5.16. The van der Waals surface area contributed by atoms with E-state index in [1.165, 1.54) is 75.1 Å². The van der Waals surface area contributed by atoms with E-state index in [9.17, 15) is 18.0 Å². The van der Waals surface area contributed by atoms with Gasteiger partial charge in [-0.2, -0.15) is 0 Å². The molecule has 0 bridgehead atoms. The number of carbonyl (C=O) groups is 1. The fourth-order valence-electron chi connectivity index (χ4n) is 3.69. The van der Waals surface area contributed by atoms with E-state index < -0.39 is 17.5 Å². The van der Waals surface area contributed by atoms with Gasteiger partial charge in [0.25, 0.3) is 0 Å². The van der Waals surface area contributed by atoms with Crippen molar-refractivity contribution in [2.24, 2.45) is 5.73 Å². The van der Waals surface area contributed by atoms with Crippen LogP contribution in [0.1, 0.15) is 65.8 Å². The third-order valence-electron chi connectivity index (χ3n) is 5.53. The highest BCUT2D eigenvalue weighted by Gasteiger charge is 2.06. The zero-order chi connectivity index (χ0) is 28.5. The van der Waals surface area contributed by atoms with Crippen LogP contribution in [-0.4, -0.2) is 20.0 Å². The summed E-state index contributed by atoms with van der Waals surface area (Å²) in [5.74, 6) is -2.92. The SMILES string of the molecule is C1CCCCCC1.CC(N)=O.CNC.Cc1c(F)cc(F)cc1F.Cc1ccc2oc3ccccc3c2c1.[HH].[HH]. The first-order valence-corrected chi connectivity index (χ1v) is 12.9.